The van der Waals surface area contributed by atoms with Gasteiger partial charge in [0.2, 0.25) is 5.91 Å². The van der Waals surface area contributed by atoms with Crippen LogP contribution in [0.25, 0.3) is 10.9 Å². The molecule has 0 spiro atoms. The average Bonchev–Trinajstić information content (AvgIpc) is 2.68. The third-order valence-electron chi connectivity index (χ3n) is 4.15. The molecule has 3 aromatic rings. The number of fused-ring (bicyclic) bond motifs is 1. The highest BCUT2D eigenvalue weighted by atomic mass is 16.5. The first-order chi connectivity index (χ1) is 13.5. The largest absolute Gasteiger partial charge is 0.462 e. The maximum Gasteiger partial charge on any atom is 0.338 e. The number of aryl methyl sites for hydroxylation is 1. The molecule has 3 rings (SSSR count). The Kier molecular flexibility index (Phi) is 5.69. The van der Waals surface area contributed by atoms with Gasteiger partial charge in [-0.05, 0) is 43.3 Å². The minimum atomic E-state index is -0.560. The molecule has 2 N–H and O–H groups in total. The molecule has 8 heteroatoms. The molecule has 0 aliphatic heterocycles. The highest BCUT2D eigenvalue weighted by Crippen LogP contribution is 2.12. The third-order valence-corrected chi connectivity index (χ3v) is 4.15. The van der Waals surface area contributed by atoms with Gasteiger partial charge in [-0.2, -0.15) is 0 Å². The predicted octanol–water partition coefficient (Wildman–Crippen LogP) is 1.90. The third kappa shape index (κ3) is 4.17. The zero-order chi connectivity index (χ0) is 20.1. The lowest BCUT2D eigenvalue weighted by Gasteiger charge is -2.10. The molecule has 28 heavy (non-hydrogen) atoms. The molecule has 0 saturated carbocycles. The van der Waals surface area contributed by atoms with Gasteiger partial charge in [0.15, 0.2) is 0 Å². The fraction of sp³-hybridized carbons (Fsp3) is 0.200. The monoisotopic (exact) mass is 381 g/mol. The first-order valence-electron chi connectivity index (χ1n) is 8.78. The number of esters is 1. The molecule has 0 bridgehead atoms. The number of aromatic amines is 1. The van der Waals surface area contributed by atoms with Gasteiger partial charge in [-0.25, -0.2) is 9.59 Å². The van der Waals surface area contributed by atoms with Gasteiger partial charge >= 0.3 is 11.7 Å². The number of benzene rings is 2. The number of rotatable bonds is 6. The van der Waals surface area contributed by atoms with Crippen molar-refractivity contribution in [2.24, 2.45) is 0 Å². The SMILES string of the molecule is CCOC(=O)c1ccc(NC(=O)CCn2c(=O)[nH]c(=O)c3ccccc32)cc1. The highest BCUT2D eigenvalue weighted by molar-refractivity contribution is 5.93. The Labute approximate surface area is 159 Å². The number of hydrogen-bond acceptors (Lipinski definition) is 5. The maximum atomic E-state index is 12.2. The van der Waals surface area contributed by atoms with Crippen molar-refractivity contribution >= 4 is 28.5 Å². The summed E-state index contributed by atoms with van der Waals surface area (Å²) in [6.07, 6.45) is 0.0373. The Hall–Kier alpha value is -3.68. The van der Waals surface area contributed by atoms with E-state index in [2.05, 4.69) is 10.3 Å². The summed E-state index contributed by atoms with van der Waals surface area (Å²) in [7, 11) is 0. The van der Waals surface area contributed by atoms with Crippen LogP contribution >= 0.6 is 0 Å². The van der Waals surface area contributed by atoms with E-state index in [9.17, 15) is 19.2 Å². The number of nitrogens with one attached hydrogen (secondary N) is 2. The van der Waals surface area contributed by atoms with Crippen LogP contribution in [-0.2, 0) is 16.1 Å². The molecule has 144 valence electrons. The number of carbonyl (C=O) groups excluding carboxylic acids is 2. The Morgan fingerprint density at radius 2 is 1.79 bits per heavy atom. The summed E-state index contributed by atoms with van der Waals surface area (Å²) >= 11 is 0. The summed E-state index contributed by atoms with van der Waals surface area (Å²) in [4.78, 5) is 50.1. The first-order valence-corrected chi connectivity index (χ1v) is 8.78. The lowest BCUT2D eigenvalue weighted by Crippen LogP contribution is -2.31. The zero-order valence-corrected chi connectivity index (χ0v) is 15.2. The van der Waals surface area contributed by atoms with Crippen molar-refractivity contribution in [3.05, 3.63) is 74.9 Å². The van der Waals surface area contributed by atoms with E-state index in [0.717, 1.165) is 0 Å². The predicted molar refractivity (Wildman–Crippen MR) is 104 cm³/mol. The van der Waals surface area contributed by atoms with Gasteiger partial charge in [0.05, 0.1) is 23.1 Å². The summed E-state index contributed by atoms with van der Waals surface area (Å²) in [5, 5.41) is 3.10. The minimum Gasteiger partial charge on any atom is -0.462 e. The molecular formula is C20H19N3O5. The number of H-pyrrole nitrogens is 1. The Morgan fingerprint density at radius 1 is 1.07 bits per heavy atom. The fourth-order valence-corrected chi connectivity index (χ4v) is 2.81. The summed E-state index contributed by atoms with van der Waals surface area (Å²) in [5.41, 5.74) is 0.379. The maximum absolute atomic E-state index is 12.2. The van der Waals surface area contributed by atoms with E-state index in [1.165, 1.54) is 4.57 Å². The number of ether oxygens (including phenoxy) is 1. The number of aromatic nitrogens is 2. The molecule has 8 nitrogen and oxygen atoms in total. The van der Waals surface area contributed by atoms with Gasteiger partial charge in [-0.15, -0.1) is 0 Å². The molecule has 0 fully saturated rings. The standard InChI is InChI=1S/C20H19N3O5/c1-2-28-19(26)13-7-9-14(10-8-13)21-17(24)11-12-23-16-6-4-3-5-15(16)18(25)22-20(23)27/h3-10H,2,11-12H2,1H3,(H,21,24)(H,22,25,27). The van der Waals surface area contributed by atoms with E-state index in [4.69, 9.17) is 4.74 Å². The molecule has 0 aliphatic rings. The van der Waals surface area contributed by atoms with E-state index >= 15 is 0 Å². The van der Waals surface area contributed by atoms with E-state index in [0.29, 0.717) is 22.2 Å². The van der Waals surface area contributed by atoms with Gasteiger partial charge in [0.1, 0.15) is 0 Å². The van der Waals surface area contributed by atoms with Crippen molar-refractivity contribution in [3.8, 4) is 0 Å². The van der Waals surface area contributed by atoms with Crippen LogP contribution in [0.4, 0.5) is 5.69 Å². The van der Waals surface area contributed by atoms with Gasteiger partial charge < -0.3 is 10.1 Å². The van der Waals surface area contributed by atoms with Crippen molar-refractivity contribution in [2.45, 2.75) is 19.9 Å². The number of carbonyl (C=O) groups is 2. The van der Waals surface area contributed by atoms with Crippen LogP contribution in [0.5, 0.6) is 0 Å². The van der Waals surface area contributed by atoms with Crippen LogP contribution in [0.15, 0.2) is 58.1 Å². The molecule has 1 amide bonds. The fourth-order valence-electron chi connectivity index (χ4n) is 2.81. The Morgan fingerprint density at radius 3 is 2.50 bits per heavy atom. The van der Waals surface area contributed by atoms with Crippen molar-refractivity contribution < 1.29 is 14.3 Å². The van der Waals surface area contributed by atoms with Crippen LogP contribution < -0.4 is 16.6 Å². The first kappa shape index (κ1) is 19.1. The number of hydrogen-bond donors (Lipinski definition) is 2. The van der Waals surface area contributed by atoms with Crippen LogP contribution in [0.2, 0.25) is 0 Å². The molecule has 0 radical (unpaired) electrons. The van der Waals surface area contributed by atoms with Gasteiger partial charge in [-0.3, -0.25) is 19.1 Å². The average molecular weight is 381 g/mol. The van der Waals surface area contributed by atoms with Crippen LogP contribution in [0.3, 0.4) is 0 Å². The van der Waals surface area contributed by atoms with Gasteiger partial charge in [0.25, 0.3) is 5.56 Å². The highest BCUT2D eigenvalue weighted by Gasteiger charge is 2.10. The Balaban J connectivity index is 1.68. The molecule has 0 saturated heterocycles. The van der Waals surface area contributed by atoms with Crippen molar-refractivity contribution in [1.29, 1.82) is 0 Å². The summed E-state index contributed by atoms with van der Waals surface area (Å²) in [6.45, 7) is 2.13. The second-order valence-electron chi connectivity index (χ2n) is 6.02. The van der Waals surface area contributed by atoms with E-state index in [1.54, 1.807) is 55.5 Å². The molecule has 1 aromatic heterocycles. The Bertz CT molecular complexity index is 1130. The lowest BCUT2D eigenvalue weighted by atomic mass is 10.2. The van der Waals surface area contributed by atoms with Crippen LogP contribution in [0, 0.1) is 0 Å². The topological polar surface area (TPSA) is 110 Å². The molecule has 2 aromatic carbocycles. The summed E-state index contributed by atoms with van der Waals surface area (Å²) < 4.78 is 6.27. The summed E-state index contributed by atoms with van der Waals surface area (Å²) in [5.74, 6) is -0.726. The second-order valence-corrected chi connectivity index (χ2v) is 6.02. The molecular weight excluding hydrogens is 362 g/mol. The van der Waals surface area contributed by atoms with E-state index in [-0.39, 0.29) is 25.5 Å². The van der Waals surface area contributed by atoms with E-state index < -0.39 is 17.2 Å². The lowest BCUT2D eigenvalue weighted by molar-refractivity contribution is -0.116. The molecule has 0 atom stereocenters. The summed E-state index contributed by atoms with van der Waals surface area (Å²) in [6, 6.07) is 13.0. The van der Waals surface area contributed by atoms with Crippen LogP contribution in [-0.4, -0.2) is 28.0 Å². The van der Waals surface area contributed by atoms with E-state index in [1.807, 2.05) is 0 Å². The number of anilines is 1. The second kappa shape index (κ2) is 8.34. The zero-order valence-electron chi connectivity index (χ0n) is 15.2. The molecule has 0 unspecified atom stereocenters. The van der Waals surface area contributed by atoms with Crippen LogP contribution in [0.1, 0.15) is 23.7 Å². The number of nitrogens with zero attached hydrogens (tertiary/aromatic N) is 1. The smallest absolute Gasteiger partial charge is 0.338 e. The molecule has 0 aliphatic carbocycles. The van der Waals surface area contributed by atoms with Crippen molar-refractivity contribution in [2.75, 3.05) is 11.9 Å². The van der Waals surface area contributed by atoms with Crippen molar-refractivity contribution in [1.82, 2.24) is 9.55 Å². The quantitative estimate of drug-likeness (QED) is 0.634. The number of para-hydroxylation sites is 1. The van der Waals surface area contributed by atoms with Crippen molar-refractivity contribution in [3.63, 3.8) is 0 Å². The minimum absolute atomic E-state index is 0.0373. The molecule has 1 heterocycles. The number of amides is 1. The normalized spacial score (nSPS) is 10.6. The van der Waals surface area contributed by atoms with Gasteiger partial charge in [0, 0.05) is 18.7 Å². The van der Waals surface area contributed by atoms with Gasteiger partial charge in [-0.1, -0.05) is 12.1 Å².